The highest BCUT2D eigenvalue weighted by Gasteiger charge is 2.35. The van der Waals surface area contributed by atoms with Gasteiger partial charge in [-0.05, 0) is 6.92 Å². The van der Waals surface area contributed by atoms with Crippen molar-refractivity contribution in [3.8, 4) is 0 Å². The molecule has 0 aliphatic heterocycles. The normalized spacial score (nSPS) is 14.7. The van der Waals surface area contributed by atoms with Crippen molar-refractivity contribution < 1.29 is 34.4 Å². The molecule has 0 saturated carbocycles. The number of ether oxygens (including phenoxy) is 1. The quantitative estimate of drug-likeness (QED) is 0.329. The van der Waals surface area contributed by atoms with Crippen LogP contribution in [-0.2, 0) is 19.1 Å². The number of rotatable bonds is 6. The van der Waals surface area contributed by atoms with Gasteiger partial charge in [0.15, 0.2) is 6.10 Å². The number of aliphatic hydroxyl groups excluding tert-OH is 1. The number of carbonyl (C=O) groups excluding carboxylic acids is 1. The first kappa shape index (κ1) is 14.8. The van der Waals surface area contributed by atoms with E-state index in [9.17, 15) is 14.4 Å². The van der Waals surface area contributed by atoms with Crippen molar-refractivity contribution in [2.75, 3.05) is 0 Å². The maximum Gasteiger partial charge on any atom is 0.348 e. The lowest BCUT2D eigenvalue weighted by atomic mass is 10.2. The van der Waals surface area contributed by atoms with Gasteiger partial charge in [0.25, 0.3) is 0 Å². The van der Waals surface area contributed by atoms with Crippen LogP contribution in [0.15, 0.2) is 24.3 Å². The first-order valence-corrected chi connectivity index (χ1v) is 4.53. The molecular formula is C10H12O7. The van der Waals surface area contributed by atoms with E-state index in [0.717, 1.165) is 6.08 Å². The van der Waals surface area contributed by atoms with Crippen LogP contribution in [0, 0.1) is 0 Å². The molecule has 0 aliphatic carbocycles. The number of aliphatic hydroxyl groups is 1. The van der Waals surface area contributed by atoms with Crippen molar-refractivity contribution in [3.05, 3.63) is 24.3 Å². The molecule has 0 rings (SSSR count). The third kappa shape index (κ3) is 5.47. The molecule has 0 fully saturated rings. The van der Waals surface area contributed by atoms with Gasteiger partial charge in [-0.15, -0.1) is 0 Å². The van der Waals surface area contributed by atoms with E-state index >= 15 is 0 Å². The van der Waals surface area contributed by atoms with Gasteiger partial charge in [0.1, 0.15) is 0 Å². The number of hydrogen-bond donors (Lipinski definition) is 3. The lowest BCUT2D eigenvalue weighted by molar-refractivity contribution is -0.176. The molecule has 0 aliphatic rings. The summed E-state index contributed by atoms with van der Waals surface area (Å²) in [6.07, 6.45) is 0.843. The molecule has 17 heavy (non-hydrogen) atoms. The van der Waals surface area contributed by atoms with E-state index in [-0.39, 0.29) is 0 Å². The summed E-state index contributed by atoms with van der Waals surface area (Å²) in [7, 11) is 0. The van der Waals surface area contributed by atoms with Gasteiger partial charge in [0.05, 0.1) is 0 Å². The molecule has 0 heterocycles. The second kappa shape index (κ2) is 7.18. The Labute approximate surface area is 96.6 Å². The van der Waals surface area contributed by atoms with Crippen molar-refractivity contribution in [2.45, 2.75) is 19.1 Å². The third-order valence-corrected chi connectivity index (χ3v) is 1.56. The minimum atomic E-state index is -2.31. The summed E-state index contributed by atoms with van der Waals surface area (Å²) in [6.45, 7) is 1.70. The molecule has 0 bridgehead atoms. The summed E-state index contributed by atoms with van der Waals surface area (Å²) < 4.78 is 4.29. The summed E-state index contributed by atoms with van der Waals surface area (Å²) in [5.74, 6) is -4.59. The molecule has 0 saturated heterocycles. The predicted octanol–water partition coefficient (Wildman–Crippen LogP) is -0.439. The zero-order valence-electron chi connectivity index (χ0n) is 8.94. The zero-order valence-corrected chi connectivity index (χ0v) is 8.94. The molecular weight excluding hydrogens is 232 g/mol. The Kier molecular flexibility index (Phi) is 6.27. The van der Waals surface area contributed by atoms with Gasteiger partial charge in [-0.2, -0.15) is 0 Å². The molecule has 7 nitrogen and oxygen atoms in total. The van der Waals surface area contributed by atoms with E-state index in [1.54, 1.807) is 13.0 Å². The Morgan fingerprint density at radius 3 is 2.12 bits per heavy atom. The highest BCUT2D eigenvalue weighted by Crippen LogP contribution is 2.02. The number of carboxylic acid groups (broad SMARTS) is 2. The Hall–Kier alpha value is -2.15. The molecule has 0 aromatic rings. The fourth-order valence-corrected chi connectivity index (χ4v) is 0.789. The zero-order chi connectivity index (χ0) is 13.4. The number of aliphatic carboxylic acids is 2. The summed E-state index contributed by atoms with van der Waals surface area (Å²) in [4.78, 5) is 32.0. The van der Waals surface area contributed by atoms with Crippen molar-refractivity contribution >= 4 is 17.9 Å². The third-order valence-electron chi connectivity index (χ3n) is 1.56. The molecule has 7 heteroatoms. The molecule has 0 aromatic carbocycles. The number of carbonyl (C=O) groups is 3. The van der Waals surface area contributed by atoms with Gasteiger partial charge in [0, 0.05) is 6.08 Å². The number of allylic oxidation sites excluding steroid dienone is 3. The first-order chi connectivity index (χ1) is 7.90. The lowest BCUT2D eigenvalue weighted by Crippen LogP contribution is -2.42. The predicted molar refractivity (Wildman–Crippen MR) is 55.1 cm³/mol. The van der Waals surface area contributed by atoms with Gasteiger partial charge in [-0.1, -0.05) is 18.2 Å². The topological polar surface area (TPSA) is 121 Å². The van der Waals surface area contributed by atoms with Crippen LogP contribution in [0.1, 0.15) is 6.92 Å². The standard InChI is InChI=1S/C10H12O7/c1-2-3-4-5-6(11)17-8(10(15)16)7(12)9(13)14/h2-5,7-8,12H,1H3,(H,13,14)(H,15,16). The number of esters is 1. The van der Waals surface area contributed by atoms with Crippen molar-refractivity contribution in [2.24, 2.45) is 0 Å². The summed E-state index contributed by atoms with van der Waals surface area (Å²) in [6, 6.07) is 0. The Balaban J connectivity index is 4.61. The van der Waals surface area contributed by atoms with Crippen LogP contribution in [0.3, 0.4) is 0 Å². The SMILES string of the molecule is CC=CC=CC(=O)OC(C(=O)O)C(O)C(=O)O. The molecule has 0 amide bonds. The molecule has 2 unspecified atom stereocenters. The summed E-state index contributed by atoms with van der Waals surface area (Å²) >= 11 is 0. The molecule has 0 spiro atoms. The second-order valence-electron chi connectivity index (χ2n) is 2.86. The molecule has 3 N–H and O–H groups in total. The second-order valence-corrected chi connectivity index (χ2v) is 2.86. The van der Waals surface area contributed by atoms with Gasteiger partial charge in [-0.3, -0.25) is 0 Å². The first-order valence-electron chi connectivity index (χ1n) is 4.53. The van der Waals surface area contributed by atoms with Crippen LogP contribution in [0.2, 0.25) is 0 Å². The monoisotopic (exact) mass is 244 g/mol. The largest absolute Gasteiger partial charge is 0.479 e. The highest BCUT2D eigenvalue weighted by atomic mass is 16.6. The fraction of sp³-hybridized carbons (Fsp3) is 0.300. The van der Waals surface area contributed by atoms with Crippen molar-refractivity contribution in [1.82, 2.24) is 0 Å². The van der Waals surface area contributed by atoms with Crippen LogP contribution in [0.25, 0.3) is 0 Å². The van der Waals surface area contributed by atoms with E-state index in [4.69, 9.17) is 15.3 Å². The molecule has 0 radical (unpaired) electrons. The van der Waals surface area contributed by atoms with Crippen LogP contribution < -0.4 is 0 Å². The minimum absolute atomic E-state index is 0.907. The van der Waals surface area contributed by atoms with Crippen LogP contribution in [-0.4, -0.2) is 45.4 Å². The average molecular weight is 244 g/mol. The van der Waals surface area contributed by atoms with Crippen molar-refractivity contribution in [3.63, 3.8) is 0 Å². The Morgan fingerprint density at radius 1 is 1.12 bits per heavy atom. The van der Waals surface area contributed by atoms with E-state index in [1.807, 2.05) is 0 Å². The van der Waals surface area contributed by atoms with Gasteiger partial charge in [0.2, 0.25) is 6.10 Å². The highest BCUT2D eigenvalue weighted by molar-refractivity contribution is 5.88. The summed E-state index contributed by atoms with van der Waals surface area (Å²) in [5, 5.41) is 26.0. The maximum atomic E-state index is 11.0. The average Bonchev–Trinajstić information content (AvgIpc) is 2.24. The maximum absolute atomic E-state index is 11.0. The van der Waals surface area contributed by atoms with Crippen LogP contribution in [0.5, 0.6) is 0 Å². The van der Waals surface area contributed by atoms with Gasteiger partial charge in [-0.25, -0.2) is 14.4 Å². The van der Waals surface area contributed by atoms with Crippen LogP contribution in [0.4, 0.5) is 0 Å². The molecule has 0 aromatic heterocycles. The van der Waals surface area contributed by atoms with E-state index in [2.05, 4.69) is 4.74 Å². The number of carboxylic acids is 2. The lowest BCUT2D eigenvalue weighted by Gasteiger charge is -2.14. The molecule has 2 atom stereocenters. The van der Waals surface area contributed by atoms with E-state index in [1.165, 1.54) is 12.2 Å². The van der Waals surface area contributed by atoms with Crippen LogP contribution >= 0.6 is 0 Å². The number of hydrogen-bond acceptors (Lipinski definition) is 5. The van der Waals surface area contributed by atoms with E-state index in [0.29, 0.717) is 0 Å². The van der Waals surface area contributed by atoms with E-state index < -0.39 is 30.1 Å². The van der Waals surface area contributed by atoms with Crippen molar-refractivity contribution in [1.29, 1.82) is 0 Å². The fourth-order valence-electron chi connectivity index (χ4n) is 0.789. The molecule has 94 valence electrons. The van der Waals surface area contributed by atoms with Gasteiger partial charge < -0.3 is 20.1 Å². The minimum Gasteiger partial charge on any atom is -0.479 e. The Morgan fingerprint density at radius 2 is 1.71 bits per heavy atom. The smallest absolute Gasteiger partial charge is 0.348 e. The van der Waals surface area contributed by atoms with Gasteiger partial charge >= 0.3 is 17.9 Å². The Bertz CT molecular complexity index is 356. The summed E-state index contributed by atoms with van der Waals surface area (Å²) in [5.41, 5.74) is 0.